The van der Waals surface area contributed by atoms with Crippen LogP contribution < -0.4 is 9.47 Å². The molecule has 146 valence electrons. The molecule has 3 aromatic rings. The normalized spacial score (nSPS) is 10.5. The molecule has 0 aliphatic carbocycles. The fraction of sp³-hybridized carbons (Fsp3) is 0.286. The summed E-state index contributed by atoms with van der Waals surface area (Å²) in [7, 11) is 3.32. The number of para-hydroxylation sites is 1. The minimum absolute atomic E-state index is 0.00204. The van der Waals surface area contributed by atoms with Gasteiger partial charge >= 0.3 is 0 Å². The number of amides is 1. The number of aromatic nitrogens is 2. The van der Waals surface area contributed by atoms with E-state index in [1.54, 1.807) is 19.1 Å². The minimum atomic E-state index is -0.00204. The van der Waals surface area contributed by atoms with Crippen molar-refractivity contribution in [3.05, 3.63) is 60.5 Å². The van der Waals surface area contributed by atoms with E-state index >= 15 is 0 Å². The topological polar surface area (TPSA) is 77.7 Å². The van der Waals surface area contributed by atoms with Gasteiger partial charge in [0.2, 0.25) is 17.6 Å². The maximum absolute atomic E-state index is 12.3. The van der Waals surface area contributed by atoms with Crippen molar-refractivity contribution in [2.75, 3.05) is 20.8 Å². The Morgan fingerprint density at radius 2 is 1.89 bits per heavy atom. The summed E-state index contributed by atoms with van der Waals surface area (Å²) in [6.07, 6.45) is 1.02. The molecule has 1 heterocycles. The van der Waals surface area contributed by atoms with E-state index in [1.807, 2.05) is 54.6 Å². The molecule has 3 rings (SSSR count). The third kappa shape index (κ3) is 5.33. The third-order valence-corrected chi connectivity index (χ3v) is 4.14. The zero-order valence-electron chi connectivity index (χ0n) is 16.0. The lowest BCUT2D eigenvalue weighted by atomic mass is 10.2. The number of rotatable bonds is 9. The summed E-state index contributed by atoms with van der Waals surface area (Å²) < 4.78 is 16.1. The highest BCUT2D eigenvalue weighted by Crippen LogP contribution is 2.21. The fourth-order valence-corrected chi connectivity index (χ4v) is 2.61. The van der Waals surface area contributed by atoms with E-state index in [-0.39, 0.29) is 12.5 Å². The highest BCUT2D eigenvalue weighted by atomic mass is 16.5. The summed E-state index contributed by atoms with van der Waals surface area (Å²) in [5.41, 5.74) is 0.793. The van der Waals surface area contributed by atoms with Gasteiger partial charge in [-0.25, -0.2) is 0 Å². The lowest BCUT2D eigenvalue weighted by molar-refractivity contribution is -0.131. The zero-order valence-corrected chi connectivity index (χ0v) is 16.0. The molecule has 0 atom stereocenters. The lowest BCUT2D eigenvalue weighted by Crippen LogP contribution is -2.26. The van der Waals surface area contributed by atoms with E-state index in [1.165, 1.54) is 0 Å². The van der Waals surface area contributed by atoms with Gasteiger partial charge in [0.25, 0.3) is 0 Å². The molecule has 2 aromatic carbocycles. The summed E-state index contributed by atoms with van der Waals surface area (Å²) in [6, 6.07) is 17.0. The van der Waals surface area contributed by atoms with Gasteiger partial charge in [-0.05, 0) is 30.7 Å². The van der Waals surface area contributed by atoms with Crippen LogP contribution in [0.4, 0.5) is 0 Å². The molecule has 0 saturated heterocycles. The van der Waals surface area contributed by atoms with Gasteiger partial charge in [0.15, 0.2) is 0 Å². The first-order valence-electron chi connectivity index (χ1n) is 9.04. The maximum Gasteiger partial charge on any atom is 0.246 e. The second-order valence-electron chi connectivity index (χ2n) is 6.26. The van der Waals surface area contributed by atoms with Gasteiger partial charge in [-0.3, -0.25) is 4.79 Å². The molecule has 7 nitrogen and oxygen atoms in total. The monoisotopic (exact) mass is 381 g/mol. The molecule has 0 spiro atoms. The van der Waals surface area contributed by atoms with E-state index in [9.17, 15) is 4.79 Å². The average molecular weight is 381 g/mol. The van der Waals surface area contributed by atoms with Crippen LogP contribution in [0.25, 0.3) is 11.4 Å². The SMILES string of the molecule is COc1cccc(-c2noc(CN(C)C(=O)CCCOc3ccccc3)n2)c1. The van der Waals surface area contributed by atoms with Gasteiger partial charge in [0.1, 0.15) is 11.5 Å². The van der Waals surface area contributed by atoms with Crippen LogP contribution in [0.15, 0.2) is 59.1 Å². The Kier molecular flexibility index (Phi) is 6.62. The van der Waals surface area contributed by atoms with Crippen LogP contribution in [0.5, 0.6) is 11.5 Å². The van der Waals surface area contributed by atoms with E-state index < -0.39 is 0 Å². The van der Waals surface area contributed by atoms with Crippen LogP contribution in [-0.4, -0.2) is 41.7 Å². The van der Waals surface area contributed by atoms with E-state index in [2.05, 4.69) is 10.1 Å². The van der Waals surface area contributed by atoms with Gasteiger partial charge in [0, 0.05) is 19.0 Å². The predicted octanol–water partition coefficient (Wildman–Crippen LogP) is 3.56. The molecule has 1 amide bonds. The Hall–Kier alpha value is -3.35. The quantitative estimate of drug-likeness (QED) is 0.528. The molecular weight excluding hydrogens is 358 g/mol. The molecular formula is C21H23N3O4. The Labute approximate surface area is 163 Å². The highest BCUT2D eigenvalue weighted by Gasteiger charge is 2.15. The first-order chi connectivity index (χ1) is 13.7. The first kappa shape index (κ1) is 19.4. The van der Waals surface area contributed by atoms with Crippen LogP contribution >= 0.6 is 0 Å². The summed E-state index contributed by atoms with van der Waals surface area (Å²) in [5, 5.41) is 3.98. The molecule has 1 aromatic heterocycles. The first-order valence-corrected chi connectivity index (χ1v) is 9.04. The van der Waals surface area contributed by atoms with Gasteiger partial charge in [-0.2, -0.15) is 4.98 Å². The van der Waals surface area contributed by atoms with Crippen molar-refractivity contribution in [2.24, 2.45) is 0 Å². The third-order valence-electron chi connectivity index (χ3n) is 4.14. The van der Waals surface area contributed by atoms with Crippen molar-refractivity contribution < 1.29 is 18.8 Å². The number of hydrogen-bond donors (Lipinski definition) is 0. The highest BCUT2D eigenvalue weighted by molar-refractivity contribution is 5.75. The summed E-state index contributed by atoms with van der Waals surface area (Å²) in [4.78, 5) is 18.2. The Morgan fingerprint density at radius 3 is 2.68 bits per heavy atom. The van der Waals surface area contributed by atoms with Crippen molar-refractivity contribution in [3.8, 4) is 22.9 Å². The number of methoxy groups -OCH3 is 1. The summed E-state index contributed by atoms with van der Waals surface area (Å²) in [5.74, 6) is 2.37. The molecule has 0 unspecified atom stereocenters. The number of ether oxygens (including phenoxy) is 2. The lowest BCUT2D eigenvalue weighted by Gasteiger charge is -2.14. The number of benzene rings is 2. The number of carbonyl (C=O) groups excluding carboxylic acids is 1. The van der Waals surface area contributed by atoms with Crippen molar-refractivity contribution in [1.29, 1.82) is 0 Å². The van der Waals surface area contributed by atoms with Gasteiger partial charge in [0.05, 0.1) is 20.3 Å². The molecule has 0 bridgehead atoms. The molecule has 0 aliphatic heterocycles. The fourth-order valence-electron chi connectivity index (χ4n) is 2.61. The number of carbonyl (C=O) groups is 1. The molecule has 28 heavy (non-hydrogen) atoms. The maximum atomic E-state index is 12.3. The van der Waals surface area contributed by atoms with Crippen molar-refractivity contribution in [2.45, 2.75) is 19.4 Å². The van der Waals surface area contributed by atoms with Gasteiger partial charge in [-0.15, -0.1) is 0 Å². The minimum Gasteiger partial charge on any atom is -0.497 e. The van der Waals surface area contributed by atoms with Crippen molar-refractivity contribution in [3.63, 3.8) is 0 Å². The van der Waals surface area contributed by atoms with E-state index in [0.29, 0.717) is 36.9 Å². The smallest absolute Gasteiger partial charge is 0.246 e. The van der Waals surface area contributed by atoms with Crippen LogP contribution in [0.2, 0.25) is 0 Å². The molecule has 0 fully saturated rings. The van der Waals surface area contributed by atoms with Crippen LogP contribution in [0.3, 0.4) is 0 Å². The molecule has 0 saturated carbocycles. The second-order valence-corrected chi connectivity index (χ2v) is 6.26. The molecule has 0 aliphatic rings. The summed E-state index contributed by atoms with van der Waals surface area (Å²) in [6.45, 7) is 0.749. The number of nitrogens with zero attached hydrogens (tertiary/aromatic N) is 3. The summed E-state index contributed by atoms with van der Waals surface area (Å²) >= 11 is 0. The largest absolute Gasteiger partial charge is 0.497 e. The van der Waals surface area contributed by atoms with Crippen LogP contribution in [0.1, 0.15) is 18.7 Å². The van der Waals surface area contributed by atoms with Crippen molar-refractivity contribution in [1.82, 2.24) is 15.0 Å². The van der Waals surface area contributed by atoms with E-state index in [4.69, 9.17) is 14.0 Å². The van der Waals surface area contributed by atoms with Gasteiger partial charge in [-0.1, -0.05) is 35.5 Å². The molecule has 0 radical (unpaired) electrons. The standard InChI is InChI=1S/C21H23N3O4/c1-24(20(25)12-7-13-27-17-9-4-3-5-10-17)15-19-22-21(23-28-19)16-8-6-11-18(14-16)26-2/h3-6,8-11,14H,7,12-13,15H2,1-2H3. The Bertz CT molecular complexity index is 895. The van der Waals surface area contributed by atoms with Crippen molar-refractivity contribution >= 4 is 5.91 Å². The molecule has 0 N–H and O–H groups in total. The number of hydrogen-bond acceptors (Lipinski definition) is 6. The van der Waals surface area contributed by atoms with Crippen LogP contribution in [-0.2, 0) is 11.3 Å². The van der Waals surface area contributed by atoms with Gasteiger partial charge < -0.3 is 18.9 Å². The Morgan fingerprint density at radius 1 is 1.11 bits per heavy atom. The van der Waals surface area contributed by atoms with E-state index in [0.717, 1.165) is 11.3 Å². The second kappa shape index (κ2) is 9.55. The predicted molar refractivity (Wildman–Crippen MR) is 104 cm³/mol. The Balaban J connectivity index is 1.47. The molecule has 7 heteroatoms. The zero-order chi connectivity index (χ0) is 19.8. The van der Waals surface area contributed by atoms with Crippen LogP contribution in [0, 0.1) is 0 Å². The average Bonchev–Trinajstić information content (AvgIpc) is 3.20.